The molecular formula is C28H30Cl2N2O2. The van der Waals surface area contributed by atoms with Crippen LogP contribution in [0.15, 0.2) is 78.9 Å². The lowest BCUT2D eigenvalue weighted by atomic mass is 9.88. The van der Waals surface area contributed by atoms with E-state index in [1.54, 1.807) is 30.0 Å². The molecule has 178 valence electrons. The van der Waals surface area contributed by atoms with E-state index in [-0.39, 0.29) is 30.7 Å². The summed E-state index contributed by atoms with van der Waals surface area (Å²) in [5.74, 6) is -0.493. The molecule has 1 atom stereocenters. The molecular weight excluding hydrogens is 467 g/mol. The highest BCUT2D eigenvalue weighted by atomic mass is 35.5. The van der Waals surface area contributed by atoms with Gasteiger partial charge in [-0.2, -0.15) is 0 Å². The van der Waals surface area contributed by atoms with E-state index < -0.39 is 6.04 Å². The van der Waals surface area contributed by atoms with Gasteiger partial charge in [0, 0.05) is 41.0 Å². The van der Waals surface area contributed by atoms with Gasteiger partial charge in [0.2, 0.25) is 11.8 Å². The Hall–Kier alpha value is -2.82. The van der Waals surface area contributed by atoms with Crippen molar-refractivity contribution in [1.82, 2.24) is 10.2 Å². The number of rotatable bonds is 10. The van der Waals surface area contributed by atoms with Gasteiger partial charge in [-0.15, -0.1) is 0 Å². The summed E-state index contributed by atoms with van der Waals surface area (Å²) in [6, 6.07) is 24.5. The van der Waals surface area contributed by atoms with Gasteiger partial charge in [0.25, 0.3) is 0 Å². The second-order valence-electron chi connectivity index (χ2n) is 8.27. The van der Waals surface area contributed by atoms with Gasteiger partial charge >= 0.3 is 0 Å². The Labute approximate surface area is 211 Å². The van der Waals surface area contributed by atoms with Crippen LogP contribution in [-0.4, -0.2) is 29.3 Å². The number of amides is 2. The van der Waals surface area contributed by atoms with Gasteiger partial charge in [-0.05, 0) is 36.6 Å². The van der Waals surface area contributed by atoms with Crippen LogP contribution in [0.25, 0.3) is 0 Å². The van der Waals surface area contributed by atoms with Crippen LogP contribution >= 0.6 is 23.2 Å². The Balaban J connectivity index is 1.94. The van der Waals surface area contributed by atoms with Crippen LogP contribution in [0.5, 0.6) is 0 Å². The van der Waals surface area contributed by atoms with Gasteiger partial charge in [-0.1, -0.05) is 96.9 Å². The molecule has 4 nitrogen and oxygen atoms in total. The van der Waals surface area contributed by atoms with Crippen molar-refractivity contribution in [2.45, 2.75) is 45.2 Å². The zero-order chi connectivity index (χ0) is 24.5. The summed E-state index contributed by atoms with van der Waals surface area (Å²) >= 11 is 12.8. The maximum absolute atomic E-state index is 13.8. The van der Waals surface area contributed by atoms with Crippen molar-refractivity contribution in [2.24, 2.45) is 0 Å². The average molecular weight is 497 g/mol. The summed E-state index contributed by atoms with van der Waals surface area (Å²) in [7, 11) is 0. The molecule has 3 rings (SSSR count). The smallest absolute Gasteiger partial charge is 0.242 e. The average Bonchev–Trinajstić information content (AvgIpc) is 2.86. The summed E-state index contributed by atoms with van der Waals surface area (Å²) in [6.07, 6.45) is 1.02. The first-order valence-electron chi connectivity index (χ1n) is 11.5. The molecule has 0 bridgehead atoms. The van der Waals surface area contributed by atoms with Crippen molar-refractivity contribution in [2.75, 3.05) is 6.54 Å². The first-order chi connectivity index (χ1) is 16.4. The molecule has 0 heterocycles. The van der Waals surface area contributed by atoms with Crippen LogP contribution in [0.4, 0.5) is 0 Å². The highest BCUT2D eigenvalue weighted by Gasteiger charge is 2.29. The van der Waals surface area contributed by atoms with E-state index in [0.717, 1.165) is 17.5 Å². The van der Waals surface area contributed by atoms with E-state index in [2.05, 4.69) is 5.32 Å². The Morgan fingerprint density at radius 2 is 1.38 bits per heavy atom. The lowest BCUT2D eigenvalue weighted by molar-refractivity contribution is -0.140. The third-order valence-corrected chi connectivity index (χ3v) is 6.60. The third kappa shape index (κ3) is 6.62. The standard InChI is InChI=1S/C28H30Cl2N2O2/c1-3-17-31-28(34)20(2)32(19-24-25(29)15-10-16-26(24)30)27(33)18-23(21-11-6-4-7-12-21)22-13-8-5-9-14-22/h4-16,20,23H,3,17-19H2,1-2H3,(H,31,34)/t20-/m0/s1. The highest BCUT2D eigenvalue weighted by molar-refractivity contribution is 6.36. The second-order valence-corrected chi connectivity index (χ2v) is 9.08. The zero-order valence-electron chi connectivity index (χ0n) is 19.5. The molecule has 0 unspecified atom stereocenters. The molecule has 0 aliphatic heterocycles. The Kier molecular flexibility index (Phi) is 9.55. The Morgan fingerprint density at radius 1 is 0.853 bits per heavy atom. The van der Waals surface area contributed by atoms with Crippen molar-refractivity contribution < 1.29 is 9.59 Å². The van der Waals surface area contributed by atoms with E-state index in [1.807, 2.05) is 67.6 Å². The van der Waals surface area contributed by atoms with Gasteiger partial charge in [0.05, 0.1) is 0 Å². The quantitative estimate of drug-likeness (QED) is 0.350. The van der Waals surface area contributed by atoms with E-state index in [9.17, 15) is 9.59 Å². The minimum absolute atomic E-state index is 0.146. The summed E-state index contributed by atoms with van der Waals surface area (Å²) in [5.41, 5.74) is 2.71. The normalized spacial score (nSPS) is 11.8. The second kappa shape index (κ2) is 12.6. The lowest BCUT2D eigenvalue weighted by Crippen LogP contribution is -2.48. The monoisotopic (exact) mass is 496 g/mol. The number of halogens is 2. The Morgan fingerprint density at radius 3 is 1.88 bits per heavy atom. The van der Waals surface area contributed by atoms with Gasteiger partial charge in [-0.3, -0.25) is 9.59 Å². The number of carbonyl (C=O) groups is 2. The summed E-state index contributed by atoms with van der Waals surface area (Å²) in [4.78, 5) is 28.2. The maximum Gasteiger partial charge on any atom is 0.242 e. The molecule has 3 aromatic rings. The van der Waals surface area contributed by atoms with Crippen LogP contribution in [0.1, 0.15) is 49.3 Å². The van der Waals surface area contributed by atoms with Crippen molar-refractivity contribution in [3.05, 3.63) is 106 Å². The van der Waals surface area contributed by atoms with Crippen LogP contribution in [0.2, 0.25) is 10.0 Å². The molecule has 34 heavy (non-hydrogen) atoms. The SMILES string of the molecule is CCCNC(=O)[C@H](C)N(Cc1c(Cl)cccc1Cl)C(=O)CC(c1ccccc1)c1ccccc1. The fraction of sp³-hybridized carbons (Fsp3) is 0.286. The molecule has 0 fully saturated rings. The van der Waals surface area contributed by atoms with E-state index in [1.165, 1.54) is 0 Å². The predicted molar refractivity (Wildman–Crippen MR) is 139 cm³/mol. The number of hydrogen-bond acceptors (Lipinski definition) is 2. The van der Waals surface area contributed by atoms with Crippen molar-refractivity contribution in [1.29, 1.82) is 0 Å². The molecule has 0 saturated heterocycles. The topological polar surface area (TPSA) is 49.4 Å². The van der Waals surface area contributed by atoms with E-state index in [0.29, 0.717) is 22.2 Å². The highest BCUT2D eigenvalue weighted by Crippen LogP contribution is 2.31. The molecule has 6 heteroatoms. The molecule has 2 amide bonds. The summed E-state index contributed by atoms with van der Waals surface area (Å²) in [6.45, 7) is 4.43. The van der Waals surface area contributed by atoms with Gasteiger partial charge in [-0.25, -0.2) is 0 Å². The number of nitrogens with one attached hydrogen (secondary N) is 1. The molecule has 0 aliphatic carbocycles. The zero-order valence-corrected chi connectivity index (χ0v) is 21.0. The van der Waals surface area contributed by atoms with Gasteiger partial charge in [0.1, 0.15) is 6.04 Å². The van der Waals surface area contributed by atoms with Gasteiger partial charge in [0.15, 0.2) is 0 Å². The first kappa shape index (κ1) is 25.8. The fourth-order valence-corrected chi connectivity index (χ4v) is 4.44. The predicted octanol–water partition coefficient (Wildman–Crippen LogP) is 6.46. The van der Waals surface area contributed by atoms with Crippen molar-refractivity contribution >= 4 is 35.0 Å². The minimum atomic E-state index is -0.682. The molecule has 0 aliphatic rings. The minimum Gasteiger partial charge on any atom is -0.354 e. The third-order valence-electron chi connectivity index (χ3n) is 5.89. The molecule has 0 spiro atoms. The van der Waals surface area contributed by atoms with Crippen LogP contribution in [0, 0.1) is 0 Å². The number of carbonyl (C=O) groups excluding carboxylic acids is 2. The Bertz CT molecular complexity index is 1030. The molecule has 3 aromatic carbocycles. The summed E-state index contributed by atoms with van der Waals surface area (Å²) < 4.78 is 0. The largest absolute Gasteiger partial charge is 0.354 e. The van der Waals surface area contributed by atoms with Crippen molar-refractivity contribution in [3.63, 3.8) is 0 Å². The van der Waals surface area contributed by atoms with E-state index in [4.69, 9.17) is 23.2 Å². The molecule has 0 aromatic heterocycles. The maximum atomic E-state index is 13.8. The number of benzene rings is 3. The van der Waals surface area contributed by atoms with Crippen LogP contribution < -0.4 is 5.32 Å². The van der Waals surface area contributed by atoms with Crippen molar-refractivity contribution in [3.8, 4) is 0 Å². The van der Waals surface area contributed by atoms with Crippen LogP contribution in [0.3, 0.4) is 0 Å². The number of hydrogen-bond donors (Lipinski definition) is 1. The number of nitrogens with zero attached hydrogens (tertiary/aromatic N) is 1. The fourth-order valence-electron chi connectivity index (χ4n) is 3.92. The van der Waals surface area contributed by atoms with Crippen LogP contribution in [-0.2, 0) is 16.1 Å². The summed E-state index contributed by atoms with van der Waals surface area (Å²) in [5, 5.41) is 3.83. The van der Waals surface area contributed by atoms with E-state index >= 15 is 0 Å². The van der Waals surface area contributed by atoms with Gasteiger partial charge < -0.3 is 10.2 Å². The molecule has 1 N–H and O–H groups in total. The first-order valence-corrected chi connectivity index (χ1v) is 12.3. The molecule has 0 radical (unpaired) electrons. The molecule has 0 saturated carbocycles. The lowest BCUT2D eigenvalue weighted by Gasteiger charge is -2.31.